The summed E-state index contributed by atoms with van der Waals surface area (Å²) in [7, 11) is 0. The SMILES string of the molecule is O=C(Oc1ccccc1)C1CCCCC(C(=O)Oc2ccccc2)CCCC1. The molecular formula is C24H28O4. The fourth-order valence-electron chi connectivity index (χ4n) is 3.70. The molecule has 3 rings (SSSR count). The van der Waals surface area contributed by atoms with E-state index in [0.717, 1.165) is 51.4 Å². The molecule has 148 valence electrons. The van der Waals surface area contributed by atoms with E-state index in [1.807, 2.05) is 36.4 Å². The highest BCUT2D eigenvalue weighted by molar-refractivity contribution is 5.75. The Morgan fingerprint density at radius 2 is 0.893 bits per heavy atom. The van der Waals surface area contributed by atoms with Gasteiger partial charge < -0.3 is 9.47 Å². The fourth-order valence-corrected chi connectivity index (χ4v) is 3.70. The maximum Gasteiger partial charge on any atom is 0.314 e. The molecule has 0 amide bonds. The Labute approximate surface area is 166 Å². The van der Waals surface area contributed by atoms with Crippen LogP contribution in [0.5, 0.6) is 11.5 Å². The third-order valence-corrected chi connectivity index (χ3v) is 5.30. The van der Waals surface area contributed by atoms with Crippen molar-refractivity contribution in [3.63, 3.8) is 0 Å². The van der Waals surface area contributed by atoms with Crippen LogP contribution < -0.4 is 9.47 Å². The van der Waals surface area contributed by atoms with Gasteiger partial charge in [0.05, 0.1) is 11.8 Å². The van der Waals surface area contributed by atoms with Gasteiger partial charge in [-0.3, -0.25) is 9.59 Å². The number of carbonyl (C=O) groups is 2. The van der Waals surface area contributed by atoms with E-state index in [2.05, 4.69) is 0 Å². The van der Waals surface area contributed by atoms with Crippen LogP contribution in [0.4, 0.5) is 0 Å². The first kappa shape index (κ1) is 20.1. The molecule has 2 aromatic carbocycles. The molecule has 0 radical (unpaired) electrons. The van der Waals surface area contributed by atoms with Gasteiger partial charge in [-0.1, -0.05) is 62.1 Å². The predicted molar refractivity (Wildman–Crippen MR) is 108 cm³/mol. The summed E-state index contributed by atoms with van der Waals surface area (Å²) in [5.74, 6) is 0.821. The molecule has 0 unspecified atom stereocenters. The number of hydrogen-bond acceptors (Lipinski definition) is 4. The molecule has 1 aliphatic carbocycles. The topological polar surface area (TPSA) is 52.6 Å². The minimum absolute atomic E-state index is 0.0620. The number of ether oxygens (including phenoxy) is 2. The quantitative estimate of drug-likeness (QED) is 0.514. The minimum atomic E-state index is -0.133. The van der Waals surface area contributed by atoms with Crippen molar-refractivity contribution >= 4 is 11.9 Å². The van der Waals surface area contributed by atoms with E-state index in [0.29, 0.717) is 11.5 Å². The molecule has 0 bridgehead atoms. The van der Waals surface area contributed by atoms with E-state index in [4.69, 9.17) is 9.47 Å². The maximum absolute atomic E-state index is 12.5. The van der Waals surface area contributed by atoms with Crippen LogP contribution >= 0.6 is 0 Å². The number of para-hydroxylation sites is 2. The summed E-state index contributed by atoms with van der Waals surface area (Å²) >= 11 is 0. The molecule has 2 aromatic rings. The van der Waals surface area contributed by atoms with Crippen LogP contribution in [0.1, 0.15) is 51.4 Å². The van der Waals surface area contributed by atoms with Crippen LogP contribution in [-0.4, -0.2) is 11.9 Å². The molecule has 4 nitrogen and oxygen atoms in total. The van der Waals surface area contributed by atoms with Gasteiger partial charge >= 0.3 is 11.9 Å². The summed E-state index contributed by atoms with van der Waals surface area (Å²) in [5.41, 5.74) is 0. The van der Waals surface area contributed by atoms with Crippen LogP contribution in [0.2, 0.25) is 0 Å². The van der Waals surface area contributed by atoms with Gasteiger partial charge in [-0.2, -0.15) is 0 Å². The third kappa shape index (κ3) is 6.22. The zero-order valence-corrected chi connectivity index (χ0v) is 16.2. The first-order valence-electron chi connectivity index (χ1n) is 10.3. The molecule has 0 heterocycles. The lowest BCUT2D eigenvalue weighted by atomic mass is 9.88. The summed E-state index contributed by atoms with van der Waals surface area (Å²) < 4.78 is 11.1. The first-order chi connectivity index (χ1) is 13.7. The molecule has 0 atom stereocenters. The predicted octanol–water partition coefficient (Wildman–Crippen LogP) is 5.56. The lowest BCUT2D eigenvalue weighted by Gasteiger charge is -2.20. The summed E-state index contributed by atoms with van der Waals surface area (Å²) in [6.07, 6.45) is 6.93. The van der Waals surface area contributed by atoms with E-state index in [1.165, 1.54) is 0 Å². The molecule has 0 spiro atoms. The number of rotatable bonds is 4. The van der Waals surface area contributed by atoms with Crippen molar-refractivity contribution in [2.75, 3.05) is 0 Å². The Balaban J connectivity index is 1.49. The lowest BCUT2D eigenvalue weighted by molar-refractivity contribution is -0.141. The lowest BCUT2D eigenvalue weighted by Crippen LogP contribution is -2.23. The van der Waals surface area contributed by atoms with Crippen molar-refractivity contribution in [1.29, 1.82) is 0 Å². The maximum atomic E-state index is 12.5. The number of benzene rings is 2. The van der Waals surface area contributed by atoms with E-state index in [-0.39, 0.29) is 23.8 Å². The summed E-state index contributed by atoms with van der Waals surface area (Å²) in [6, 6.07) is 18.5. The molecule has 1 fully saturated rings. The van der Waals surface area contributed by atoms with Crippen molar-refractivity contribution in [3.8, 4) is 11.5 Å². The third-order valence-electron chi connectivity index (χ3n) is 5.30. The summed E-state index contributed by atoms with van der Waals surface area (Å²) in [6.45, 7) is 0. The fraction of sp³-hybridized carbons (Fsp3) is 0.417. The number of esters is 2. The van der Waals surface area contributed by atoms with Crippen molar-refractivity contribution in [3.05, 3.63) is 60.7 Å². The standard InChI is InChI=1S/C24H28O4/c25-23(27-21-15-3-1-4-16-21)19-11-7-9-13-20(14-10-8-12-19)24(26)28-22-17-5-2-6-18-22/h1-6,15-20H,7-14H2. The molecule has 0 saturated heterocycles. The second-order valence-corrected chi connectivity index (χ2v) is 7.43. The van der Waals surface area contributed by atoms with Gasteiger partial charge in [0.15, 0.2) is 0 Å². The molecule has 4 heteroatoms. The Morgan fingerprint density at radius 1 is 0.571 bits per heavy atom. The smallest absolute Gasteiger partial charge is 0.314 e. The van der Waals surface area contributed by atoms with Crippen molar-refractivity contribution in [2.24, 2.45) is 11.8 Å². The molecule has 28 heavy (non-hydrogen) atoms. The van der Waals surface area contributed by atoms with Crippen LogP contribution in [0.25, 0.3) is 0 Å². The van der Waals surface area contributed by atoms with Gasteiger partial charge in [-0.05, 0) is 49.9 Å². The normalized spacial score (nSPS) is 20.7. The average molecular weight is 380 g/mol. The monoisotopic (exact) mass is 380 g/mol. The Kier molecular flexibility index (Phi) is 7.65. The highest BCUT2D eigenvalue weighted by atomic mass is 16.5. The second-order valence-electron chi connectivity index (χ2n) is 7.43. The van der Waals surface area contributed by atoms with E-state index < -0.39 is 0 Å². The molecular weight excluding hydrogens is 352 g/mol. The van der Waals surface area contributed by atoms with Crippen LogP contribution in [0.15, 0.2) is 60.7 Å². The molecule has 0 aromatic heterocycles. The van der Waals surface area contributed by atoms with Crippen LogP contribution in [0, 0.1) is 11.8 Å². The largest absolute Gasteiger partial charge is 0.426 e. The van der Waals surface area contributed by atoms with E-state index >= 15 is 0 Å². The van der Waals surface area contributed by atoms with Crippen molar-refractivity contribution < 1.29 is 19.1 Å². The van der Waals surface area contributed by atoms with Gasteiger partial charge in [0.2, 0.25) is 0 Å². The van der Waals surface area contributed by atoms with Crippen molar-refractivity contribution in [2.45, 2.75) is 51.4 Å². The van der Waals surface area contributed by atoms with Gasteiger partial charge in [-0.15, -0.1) is 0 Å². The number of carbonyl (C=O) groups excluding carboxylic acids is 2. The molecule has 0 N–H and O–H groups in total. The second kappa shape index (κ2) is 10.6. The Morgan fingerprint density at radius 3 is 1.21 bits per heavy atom. The molecule has 1 saturated carbocycles. The highest BCUT2D eigenvalue weighted by Gasteiger charge is 2.25. The van der Waals surface area contributed by atoms with Gasteiger partial charge in [0.25, 0.3) is 0 Å². The summed E-state index contributed by atoms with van der Waals surface area (Å²) in [5, 5.41) is 0. The van der Waals surface area contributed by atoms with Gasteiger partial charge in [0.1, 0.15) is 11.5 Å². The Hall–Kier alpha value is -2.62. The molecule has 0 aliphatic heterocycles. The molecule has 1 aliphatic rings. The van der Waals surface area contributed by atoms with Crippen molar-refractivity contribution in [1.82, 2.24) is 0 Å². The zero-order chi connectivity index (χ0) is 19.6. The first-order valence-corrected chi connectivity index (χ1v) is 10.3. The van der Waals surface area contributed by atoms with E-state index in [9.17, 15) is 9.59 Å². The van der Waals surface area contributed by atoms with Crippen LogP contribution in [0.3, 0.4) is 0 Å². The van der Waals surface area contributed by atoms with Gasteiger partial charge in [-0.25, -0.2) is 0 Å². The zero-order valence-electron chi connectivity index (χ0n) is 16.2. The van der Waals surface area contributed by atoms with E-state index in [1.54, 1.807) is 24.3 Å². The number of hydrogen-bond donors (Lipinski definition) is 0. The highest BCUT2D eigenvalue weighted by Crippen LogP contribution is 2.27. The Bertz CT molecular complexity index is 664. The van der Waals surface area contributed by atoms with Crippen LogP contribution in [-0.2, 0) is 9.59 Å². The minimum Gasteiger partial charge on any atom is -0.426 e. The van der Waals surface area contributed by atoms with Gasteiger partial charge in [0, 0.05) is 0 Å². The average Bonchev–Trinajstić information content (AvgIpc) is 2.73. The summed E-state index contributed by atoms with van der Waals surface area (Å²) in [4.78, 5) is 25.0.